The second-order valence-electron chi connectivity index (χ2n) is 10.9. The molecule has 0 radical (unpaired) electrons. The SMILES string of the molecule is CC[C@@H](C(=O)NCC(C)C)N(Cc1ccc(OC)cc1)C(=O)CN(c1cc(C)ccc1OC)S(=O)(=O)c1ccc(C)cc1. The van der Waals surface area contributed by atoms with Crippen molar-refractivity contribution in [1.29, 1.82) is 0 Å². The first-order valence-corrected chi connectivity index (χ1v) is 15.8. The number of carbonyl (C=O) groups excluding carboxylic acids is 2. The summed E-state index contributed by atoms with van der Waals surface area (Å²) in [5, 5.41) is 2.94. The number of benzene rings is 3. The van der Waals surface area contributed by atoms with E-state index in [1.807, 2.05) is 52.8 Å². The van der Waals surface area contributed by atoms with Gasteiger partial charge in [0.05, 0.1) is 24.8 Å². The third kappa shape index (κ3) is 8.50. The van der Waals surface area contributed by atoms with Crippen molar-refractivity contribution in [2.75, 3.05) is 31.6 Å². The van der Waals surface area contributed by atoms with E-state index in [-0.39, 0.29) is 29.0 Å². The standard InChI is InChI=1S/C33H43N3O6S/c1-8-29(33(38)34-20-23(2)3)35(21-26-12-14-27(41-6)15-13-26)32(37)22-36(30-19-25(5)11-18-31(30)42-7)43(39,40)28-16-9-24(4)10-17-28/h9-19,23,29H,8,20-22H2,1-7H3,(H,34,38)/t29-/m0/s1. The van der Waals surface area contributed by atoms with Gasteiger partial charge in [-0.1, -0.05) is 56.7 Å². The minimum Gasteiger partial charge on any atom is -0.497 e. The van der Waals surface area contributed by atoms with Crippen molar-refractivity contribution in [3.63, 3.8) is 0 Å². The molecule has 0 aliphatic heterocycles. The number of nitrogens with one attached hydrogen (secondary N) is 1. The van der Waals surface area contributed by atoms with Crippen LogP contribution in [0.2, 0.25) is 0 Å². The summed E-state index contributed by atoms with van der Waals surface area (Å²) in [6, 6.07) is 18.0. The molecule has 0 unspecified atom stereocenters. The van der Waals surface area contributed by atoms with Crippen molar-refractivity contribution in [2.24, 2.45) is 5.92 Å². The molecule has 10 heteroatoms. The Morgan fingerprint density at radius 3 is 2.07 bits per heavy atom. The number of ether oxygens (including phenoxy) is 2. The molecule has 0 aromatic heterocycles. The normalized spacial score (nSPS) is 12.0. The van der Waals surface area contributed by atoms with Gasteiger partial charge in [-0.25, -0.2) is 8.42 Å². The van der Waals surface area contributed by atoms with Gasteiger partial charge in [-0.2, -0.15) is 0 Å². The number of hydrogen-bond acceptors (Lipinski definition) is 6. The highest BCUT2D eigenvalue weighted by Gasteiger charge is 2.35. The van der Waals surface area contributed by atoms with Gasteiger partial charge < -0.3 is 19.7 Å². The van der Waals surface area contributed by atoms with Crippen LogP contribution >= 0.6 is 0 Å². The number of hydrogen-bond donors (Lipinski definition) is 1. The lowest BCUT2D eigenvalue weighted by Gasteiger charge is -2.33. The minimum atomic E-state index is -4.22. The Hall–Kier alpha value is -4.05. The molecule has 0 aliphatic carbocycles. The van der Waals surface area contributed by atoms with Gasteiger partial charge in [0.1, 0.15) is 24.1 Å². The first kappa shape index (κ1) is 33.5. The lowest BCUT2D eigenvalue weighted by molar-refractivity contribution is -0.140. The number of aryl methyl sites for hydroxylation is 2. The molecule has 1 N–H and O–H groups in total. The maximum Gasteiger partial charge on any atom is 0.264 e. The van der Waals surface area contributed by atoms with Gasteiger partial charge in [0.2, 0.25) is 11.8 Å². The van der Waals surface area contributed by atoms with Crippen molar-refractivity contribution in [3.8, 4) is 11.5 Å². The zero-order chi connectivity index (χ0) is 31.7. The molecule has 3 aromatic carbocycles. The van der Waals surface area contributed by atoms with E-state index in [2.05, 4.69) is 5.32 Å². The zero-order valence-electron chi connectivity index (χ0n) is 26.1. The van der Waals surface area contributed by atoms with Crippen LogP contribution in [0.15, 0.2) is 71.6 Å². The number of methoxy groups -OCH3 is 2. The van der Waals surface area contributed by atoms with Gasteiger partial charge in [-0.15, -0.1) is 0 Å². The summed E-state index contributed by atoms with van der Waals surface area (Å²) < 4.78 is 40.2. The molecule has 0 bridgehead atoms. The molecule has 43 heavy (non-hydrogen) atoms. The number of nitrogens with zero attached hydrogens (tertiary/aromatic N) is 2. The molecule has 1 atom stereocenters. The number of anilines is 1. The average molecular weight is 610 g/mol. The van der Waals surface area contributed by atoms with Crippen molar-refractivity contribution in [2.45, 2.75) is 58.5 Å². The molecular formula is C33H43N3O6S. The number of sulfonamides is 1. The van der Waals surface area contributed by atoms with Gasteiger partial charge >= 0.3 is 0 Å². The smallest absolute Gasteiger partial charge is 0.264 e. The van der Waals surface area contributed by atoms with Crippen LogP contribution in [-0.2, 0) is 26.2 Å². The molecule has 3 aromatic rings. The van der Waals surface area contributed by atoms with Crippen LogP contribution in [0.4, 0.5) is 5.69 Å². The van der Waals surface area contributed by atoms with E-state index in [0.29, 0.717) is 24.5 Å². The van der Waals surface area contributed by atoms with Gasteiger partial charge in [-0.05, 0) is 73.7 Å². The Bertz CT molecular complexity index is 1490. The topological polar surface area (TPSA) is 105 Å². The lowest BCUT2D eigenvalue weighted by atomic mass is 10.1. The second-order valence-corrected chi connectivity index (χ2v) is 12.8. The number of rotatable bonds is 14. The molecule has 2 amide bonds. The highest BCUT2D eigenvalue weighted by atomic mass is 32.2. The van der Waals surface area contributed by atoms with Crippen LogP contribution in [0.5, 0.6) is 11.5 Å². The Balaban J connectivity index is 2.11. The summed E-state index contributed by atoms with van der Waals surface area (Å²) in [5.41, 5.74) is 2.70. The molecule has 0 aliphatic rings. The minimum absolute atomic E-state index is 0.0397. The van der Waals surface area contributed by atoms with Crippen molar-refractivity contribution < 1.29 is 27.5 Å². The van der Waals surface area contributed by atoms with Gasteiger partial charge in [0.25, 0.3) is 10.0 Å². The molecule has 0 fully saturated rings. The monoisotopic (exact) mass is 609 g/mol. The summed E-state index contributed by atoms with van der Waals surface area (Å²) in [6.07, 6.45) is 0.338. The Morgan fingerprint density at radius 1 is 0.884 bits per heavy atom. The Labute approximate surface area is 255 Å². The lowest BCUT2D eigenvalue weighted by Crippen LogP contribution is -2.52. The Kier molecular flexibility index (Phi) is 11.6. The maximum absolute atomic E-state index is 14.3. The Morgan fingerprint density at radius 2 is 1.51 bits per heavy atom. The maximum atomic E-state index is 14.3. The highest BCUT2D eigenvalue weighted by molar-refractivity contribution is 7.92. The first-order chi connectivity index (χ1) is 20.4. The molecule has 3 rings (SSSR count). The number of carbonyl (C=O) groups is 2. The van der Waals surface area contributed by atoms with E-state index in [9.17, 15) is 18.0 Å². The van der Waals surface area contributed by atoms with Crippen molar-refractivity contribution in [3.05, 3.63) is 83.4 Å². The molecular weight excluding hydrogens is 566 g/mol. The highest BCUT2D eigenvalue weighted by Crippen LogP contribution is 2.34. The fraction of sp³-hybridized carbons (Fsp3) is 0.394. The fourth-order valence-electron chi connectivity index (χ4n) is 4.62. The van der Waals surface area contributed by atoms with Crippen LogP contribution < -0.4 is 19.1 Å². The van der Waals surface area contributed by atoms with Gasteiger partial charge in [0.15, 0.2) is 0 Å². The summed E-state index contributed by atoms with van der Waals surface area (Å²) >= 11 is 0. The summed E-state index contributed by atoms with van der Waals surface area (Å²) in [6.45, 7) is 9.53. The van der Waals surface area contributed by atoms with E-state index in [0.717, 1.165) is 21.0 Å². The van der Waals surface area contributed by atoms with Crippen molar-refractivity contribution >= 4 is 27.5 Å². The van der Waals surface area contributed by atoms with Crippen LogP contribution in [0.3, 0.4) is 0 Å². The molecule has 0 spiro atoms. The summed E-state index contributed by atoms with van der Waals surface area (Å²) in [5.74, 6) is 0.361. The summed E-state index contributed by atoms with van der Waals surface area (Å²) in [4.78, 5) is 29.2. The predicted octanol–water partition coefficient (Wildman–Crippen LogP) is 5.10. The fourth-order valence-corrected chi connectivity index (χ4v) is 6.03. The quantitative estimate of drug-likeness (QED) is 0.273. The van der Waals surface area contributed by atoms with E-state index in [4.69, 9.17) is 9.47 Å². The predicted molar refractivity (Wildman–Crippen MR) is 169 cm³/mol. The average Bonchev–Trinajstić information content (AvgIpc) is 2.99. The molecule has 232 valence electrons. The largest absolute Gasteiger partial charge is 0.497 e. The molecule has 0 saturated carbocycles. The van der Waals surface area contributed by atoms with E-state index >= 15 is 0 Å². The zero-order valence-corrected chi connectivity index (χ0v) is 26.9. The number of amides is 2. The van der Waals surface area contributed by atoms with Gasteiger partial charge in [0, 0.05) is 13.1 Å². The van der Waals surface area contributed by atoms with Crippen LogP contribution in [0, 0.1) is 19.8 Å². The third-order valence-electron chi connectivity index (χ3n) is 7.07. The van der Waals surface area contributed by atoms with Crippen molar-refractivity contribution in [1.82, 2.24) is 10.2 Å². The van der Waals surface area contributed by atoms with E-state index in [1.165, 1.54) is 24.1 Å². The third-order valence-corrected chi connectivity index (χ3v) is 8.85. The van der Waals surface area contributed by atoms with Gasteiger partial charge in [-0.3, -0.25) is 13.9 Å². The molecule has 0 saturated heterocycles. The van der Waals surface area contributed by atoms with Crippen LogP contribution in [0.25, 0.3) is 0 Å². The second kappa shape index (κ2) is 14.9. The van der Waals surface area contributed by atoms with E-state index in [1.54, 1.807) is 43.5 Å². The molecule has 0 heterocycles. The van der Waals surface area contributed by atoms with Crippen LogP contribution in [0.1, 0.15) is 43.9 Å². The van der Waals surface area contributed by atoms with E-state index < -0.39 is 28.5 Å². The van der Waals surface area contributed by atoms with Crippen LogP contribution in [-0.4, -0.2) is 58.5 Å². The summed E-state index contributed by atoms with van der Waals surface area (Å²) in [7, 11) is -1.19. The first-order valence-electron chi connectivity index (χ1n) is 14.3. The molecule has 9 nitrogen and oxygen atoms in total.